The predicted molar refractivity (Wildman–Crippen MR) is 110 cm³/mol. The lowest BCUT2D eigenvalue weighted by atomic mass is 10.1. The summed E-state index contributed by atoms with van der Waals surface area (Å²) in [5.74, 6) is -0.503. The summed E-state index contributed by atoms with van der Waals surface area (Å²) < 4.78 is 3.55. The van der Waals surface area contributed by atoms with Gasteiger partial charge in [0.05, 0.1) is 23.4 Å². The number of hydrogen-bond acceptors (Lipinski definition) is 4. The number of nitro groups is 1. The van der Waals surface area contributed by atoms with Crippen molar-refractivity contribution in [3.05, 3.63) is 75.9 Å². The van der Waals surface area contributed by atoms with E-state index >= 15 is 0 Å². The zero-order valence-electron chi connectivity index (χ0n) is 17.0. The van der Waals surface area contributed by atoms with Gasteiger partial charge in [-0.3, -0.25) is 19.6 Å². The first-order chi connectivity index (χ1) is 13.8. The van der Waals surface area contributed by atoms with Crippen LogP contribution in [0.5, 0.6) is 0 Å². The topological polar surface area (TPSA) is 95.0 Å². The lowest BCUT2D eigenvalue weighted by molar-refractivity contribution is -0.386. The average molecular weight is 395 g/mol. The van der Waals surface area contributed by atoms with E-state index in [2.05, 4.69) is 10.4 Å². The van der Waals surface area contributed by atoms with Gasteiger partial charge in [-0.1, -0.05) is 19.1 Å². The van der Waals surface area contributed by atoms with Crippen molar-refractivity contribution in [2.75, 3.05) is 0 Å². The van der Waals surface area contributed by atoms with Crippen molar-refractivity contribution in [3.8, 4) is 5.69 Å². The van der Waals surface area contributed by atoms with Crippen LogP contribution in [0.25, 0.3) is 5.69 Å². The van der Waals surface area contributed by atoms with E-state index in [0.717, 1.165) is 11.3 Å². The Morgan fingerprint density at radius 2 is 1.79 bits per heavy atom. The number of amides is 1. The fourth-order valence-electron chi connectivity index (χ4n) is 3.35. The third kappa shape index (κ3) is 4.37. The molecule has 1 amide bonds. The number of nitrogens with one attached hydrogen (secondary N) is 1. The number of rotatable bonds is 7. The first-order valence-electron chi connectivity index (χ1n) is 9.50. The normalized spacial score (nSPS) is 13.1. The molecule has 8 nitrogen and oxygen atoms in total. The van der Waals surface area contributed by atoms with Crippen molar-refractivity contribution in [2.24, 2.45) is 5.92 Å². The third-order valence-electron chi connectivity index (χ3n) is 5.07. The van der Waals surface area contributed by atoms with E-state index in [1.165, 1.54) is 4.68 Å². The summed E-state index contributed by atoms with van der Waals surface area (Å²) >= 11 is 0. The minimum atomic E-state index is -0.432. The molecule has 0 bridgehead atoms. The summed E-state index contributed by atoms with van der Waals surface area (Å²) in [4.78, 5) is 23.3. The summed E-state index contributed by atoms with van der Waals surface area (Å²) in [6.45, 7) is 7.26. The van der Waals surface area contributed by atoms with Crippen molar-refractivity contribution in [3.63, 3.8) is 0 Å². The molecule has 2 aromatic heterocycles. The van der Waals surface area contributed by atoms with Crippen LogP contribution in [0.15, 0.2) is 48.8 Å². The predicted octanol–water partition coefficient (Wildman–Crippen LogP) is 3.71. The SMILES string of the molecule is Cc1nn(CC(C)C(=O)NC(C)c2ccc(-n3cccc3)cc2)c(C)c1[N+](=O)[O-]. The summed E-state index contributed by atoms with van der Waals surface area (Å²) in [7, 11) is 0. The maximum atomic E-state index is 12.6. The van der Waals surface area contributed by atoms with Gasteiger partial charge in [-0.15, -0.1) is 0 Å². The highest BCUT2D eigenvalue weighted by molar-refractivity contribution is 5.78. The van der Waals surface area contributed by atoms with Crippen LogP contribution in [-0.4, -0.2) is 25.2 Å². The first kappa shape index (κ1) is 20.3. The minimum absolute atomic E-state index is 0.00811. The summed E-state index contributed by atoms with van der Waals surface area (Å²) in [5.41, 5.74) is 2.88. The zero-order valence-corrected chi connectivity index (χ0v) is 17.0. The zero-order chi connectivity index (χ0) is 21.1. The quantitative estimate of drug-likeness (QED) is 0.487. The van der Waals surface area contributed by atoms with Gasteiger partial charge >= 0.3 is 5.69 Å². The van der Waals surface area contributed by atoms with Gasteiger partial charge in [-0.25, -0.2) is 0 Å². The van der Waals surface area contributed by atoms with Gasteiger partial charge in [0.25, 0.3) is 0 Å². The lowest BCUT2D eigenvalue weighted by Gasteiger charge is -2.19. The molecule has 1 aromatic carbocycles. The second kappa shape index (κ2) is 8.30. The van der Waals surface area contributed by atoms with Crippen LogP contribution in [0.1, 0.15) is 36.8 Å². The van der Waals surface area contributed by atoms with Crippen molar-refractivity contribution >= 4 is 11.6 Å². The molecule has 0 radical (unpaired) electrons. The van der Waals surface area contributed by atoms with E-state index in [1.54, 1.807) is 20.8 Å². The van der Waals surface area contributed by atoms with Crippen LogP contribution in [0.2, 0.25) is 0 Å². The first-order valence-corrected chi connectivity index (χ1v) is 9.50. The molecule has 0 saturated carbocycles. The van der Waals surface area contributed by atoms with Crippen LogP contribution < -0.4 is 5.32 Å². The average Bonchev–Trinajstić information content (AvgIpc) is 3.30. The van der Waals surface area contributed by atoms with E-state index in [4.69, 9.17) is 0 Å². The molecule has 0 saturated heterocycles. The van der Waals surface area contributed by atoms with Crippen LogP contribution in [-0.2, 0) is 11.3 Å². The number of aromatic nitrogens is 3. The molecule has 152 valence electrons. The molecule has 2 atom stereocenters. The fourth-order valence-corrected chi connectivity index (χ4v) is 3.35. The number of carbonyl (C=O) groups is 1. The second-order valence-electron chi connectivity index (χ2n) is 7.27. The minimum Gasteiger partial charge on any atom is -0.349 e. The van der Waals surface area contributed by atoms with Gasteiger partial charge in [0.1, 0.15) is 11.4 Å². The fraction of sp³-hybridized carbons (Fsp3) is 0.333. The molecular weight excluding hydrogens is 370 g/mol. The van der Waals surface area contributed by atoms with Gasteiger partial charge in [0.15, 0.2) is 0 Å². The Hall–Kier alpha value is -3.42. The molecule has 0 aliphatic carbocycles. The molecule has 3 rings (SSSR count). The van der Waals surface area contributed by atoms with E-state index in [0.29, 0.717) is 11.4 Å². The highest BCUT2D eigenvalue weighted by atomic mass is 16.6. The van der Waals surface area contributed by atoms with Crippen LogP contribution in [0.4, 0.5) is 5.69 Å². The maximum Gasteiger partial charge on any atom is 0.312 e. The Morgan fingerprint density at radius 3 is 2.34 bits per heavy atom. The number of hydrogen-bond donors (Lipinski definition) is 1. The highest BCUT2D eigenvalue weighted by Gasteiger charge is 2.24. The number of benzene rings is 1. The molecule has 29 heavy (non-hydrogen) atoms. The summed E-state index contributed by atoms with van der Waals surface area (Å²) in [6.07, 6.45) is 3.95. The molecular formula is C21H25N5O3. The standard InChI is InChI=1S/C21H25N5O3/c1-14(13-25-17(4)20(26(28)29)16(3)23-25)21(27)22-15(2)18-7-9-19(10-8-18)24-11-5-6-12-24/h5-12,14-15H,13H2,1-4H3,(H,22,27). The molecule has 0 spiro atoms. The Bertz CT molecular complexity index is 1010. The second-order valence-corrected chi connectivity index (χ2v) is 7.27. The van der Waals surface area contributed by atoms with Crippen molar-refractivity contribution in [1.29, 1.82) is 0 Å². The molecule has 0 fully saturated rings. The number of carbonyl (C=O) groups excluding carboxylic acids is 1. The molecule has 0 aliphatic heterocycles. The largest absolute Gasteiger partial charge is 0.349 e. The highest BCUT2D eigenvalue weighted by Crippen LogP contribution is 2.23. The summed E-state index contributed by atoms with van der Waals surface area (Å²) in [5, 5.41) is 18.4. The van der Waals surface area contributed by atoms with Crippen molar-refractivity contribution < 1.29 is 9.72 Å². The molecule has 2 heterocycles. The van der Waals surface area contributed by atoms with E-state index in [9.17, 15) is 14.9 Å². The third-order valence-corrected chi connectivity index (χ3v) is 5.07. The molecule has 3 aromatic rings. The van der Waals surface area contributed by atoms with Crippen LogP contribution in [0.3, 0.4) is 0 Å². The Labute approximate surface area is 169 Å². The lowest BCUT2D eigenvalue weighted by Crippen LogP contribution is -2.33. The van der Waals surface area contributed by atoms with E-state index in [1.807, 2.05) is 60.3 Å². The number of nitrogens with zero attached hydrogens (tertiary/aromatic N) is 4. The van der Waals surface area contributed by atoms with E-state index < -0.39 is 4.92 Å². The van der Waals surface area contributed by atoms with Gasteiger partial charge in [0, 0.05) is 18.1 Å². The number of aryl methyl sites for hydroxylation is 1. The van der Waals surface area contributed by atoms with E-state index in [-0.39, 0.29) is 30.1 Å². The molecule has 2 unspecified atom stereocenters. The van der Waals surface area contributed by atoms with Gasteiger partial charge in [-0.05, 0) is 50.6 Å². The van der Waals surface area contributed by atoms with Crippen molar-refractivity contribution in [2.45, 2.75) is 40.3 Å². The Balaban J connectivity index is 1.63. The maximum absolute atomic E-state index is 12.6. The van der Waals surface area contributed by atoms with Gasteiger partial charge < -0.3 is 9.88 Å². The summed E-state index contributed by atoms with van der Waals surface area (Å²) in [6, 6.07) is 11.8. The van der Waals surface area contributed by atoms with Crippen molar-refractivity contribution in [1.82, 2.24) is 19.7 Å². The van der Waals surface area contributed by atoms with Gasteiger partial charge in [0.2, 0.25) is 5.91 Å². The smallest absolute Gasteiger partial charge is 0.312 e. The Kier molecular flexibility index (Phi) is 5.81. The molecule has 0 aliphatic rings. The monoisotopic (exact) mass is 395 g/mol. The van der Waals surface area contributed by atoms with Crippen LogP contribution >= 0.6 is 0 Å². The molecule has 8 heteroatoms. The Morgan fingerprint density at radius 1 is 1.17 bits per heavy atom. The van der Waals surface area contributed by atoms with Gasteiger partial charge in [-0.2, -0.15) is 5.10 Å². The molecule has 1 N–H and O–H groups in total. The van der Waals surface area contributed by atoms with Crippen LogP contribution in [0, 0.1) is 29.9 Å².